The number of fused-ring (bicyclic) bond motifs is 2. The van der Waals surface area contributed by atoms with Gasteiger partial charge in [0.2, 0.25) is 0 Å². The van der Waals surface area contributed by atoms with Crippen molar-refractivity contribution >= 4 is 22.6 Å². The molecule has 0 saturated carbocycles. The summed E-state index contributed by atoms with van der Waals surface area (Å²) >= 11 is 0. The number of benzene rings is 2. The third-order valence-electron chi connectivity index (χ3n) is 6.00. The van der Waals surface area contributed by atoms with E-state index in [1.165, 1.54) is 0 Å². The van der Waals surface area contributed by atoms with E-state index in [1.807, 2.05) is 36.5 Å². The number of hydrogen-bond acceptors (Lipinski definition) is 6. The highest BCUT2D eigenvalue weighted by atomic mass is 16.5. The average molecular weight is 421 g/mol. The zero-order chi connectivity index (χ0) is 22.1. The summed E-state index contributed by atoms with van der Waals surface area (Å²) in [7, 11) is 5.27. The molecule has 0 N–H and O–H groups in total. The molecule has 2 aromatic carbocycles. The van der Waals surface area contributed by atoms with Gasteiger partial charge in [0.1, 0.15) is 12.4 Å². The van der Waals surface area contributed by atoms with Crippen molar-refractivity contribution in [1.82, 2.24) is 4.98 Å². The lowest BCUT2D eigenvalue weighted by molar-refractivity contribution is 0.0535. The molecule has 31 heavy (non-hydrogen) atoms. The molecule has 0 spiro atoms. The van der Waals surface area contributed by atoms with Crippen molar-refractivity contribution < 1.29 is 19.0 Å². The normalized spacial score (nSPS) is 13.6. The lowest BCUT2D eigenvalue weighted by atomic mass is 9.91. The van der Waals surface area contributed by atoms with E-state index in [1.54, 1.807) is 14.2 Å². The van der Waals surface area contributed by atoms with E-state index in [2.05, 4.69) is 25.8 Å². The van der Waals surface area contributed by atoms with Crippen LogP contribution in [0.4, 0.5) is 5.82 Å². The average Bonchev–Trinajstić information content (AvgIpc) is 3.16. The Morgan fingerprint density at radius 3 is 2.52 bits per heavy atom. The van der Waals surface area contributed by atoms with E-state index in [0.29, 0.717) is 23.0 Å². The fourth-order valence-electron chi connectivity index (χ4n) is 4.10. The van der Waals surface area contributed by atoms with E-state index in [-0.39, 0.29) is 12.6 Å². The number of anilines is 1. The first kappa shape index (κ1) is 21.0. The Morgan fingerprint density at radius 1 is 1.13 bits per heavy atom. The smallest absolute Gasteiger partial charge is 0.339 e. The molecule has 6 nitrogen and oxygen atoms in total. The molecule has 1 atom stereocenters. The van der Waals surface area contributed by atoms with Crippen LogP contribution in [0.1, 0.15) is 36.2 Å². The quantitative estimate of drug-likeness (QED) is 0.497. The molecule has 1 unspecified atom stereocenters. The topological polar surface area (TPSA) is 60.9 Å². The first-order chi connectivity index (χ1) is 15.0. The summed E-state index contributed by atoms with van der Waals surface area (Å²) < 4.78 is 16.3. The lowest BCUT2D eigenvalue weighted by Gasteiger charge is -2.22. The number of carbonyl (C=O) groups excluding carboxylic acids is 1. The van der Waals surface area contributed by atoms with Gasteiger partial charge in [-0.25, -0.2) is 9.78 Å². The predicted molar refractivity (Wildman–Crippen MR) is 122 cm³/mol. The fraction of sp³-hybridized carbons (Fsp3) is 0.360. The summed E-state index contributed by atoms with van der Waals surface area (Å²) in [6.45, 7) is 5.64. The van der Waals surface area contributed by atoms with Crippen molar-refractivity contribution in [3.63, 3.8) is 0 Å². The van der Waals surface area contributed by atoms with E-state index in [9.17, 15) is 4.79 Å². The molecule has 0 radical (unpaired) electrons. The van der Waals surface area contributed by atoms with Crippen molar-refractivity contribution in [2.75, 3.05) is 32.7 Å². The third kappa shape index (κ3) is 3.78. The Labute approximate surface area is 182 Å². The molecule has 0 bridgehead atoms. The molecular weight excluding hydrogens is 392 g/mol. The molecule has 4 rings (SSSR count). The van der Waals surface area contributed by atoms with Crippen molar-refractivity contribution in [3.8, 4) is 22.6 Å². The number of hydrogen-bond donors (Lipinski definition) is 0. The van der Waals surface area contributed by atoms with Crippen molar-refractivity contribution in [2.24, 2.45) is 5.92 Å². The molecule has 1 aliphatic heterocycles. The largest absolute Gasteiger partial charge is 0.493 e. The van der Waals surface area contributed by atoms with Gasteiger partial charge in [-0.2, -0.15) is 0 Å². The maximum absolute atomic E-state index is 12.6. The van der Waals surface area contributed by atoms with Gasteiger partial charge in [0.25, 0.3) is 0 Å². The maximum atomic E-state index is 12.6. The second kappa shape index (κ2) is 8.46. The number of nitrogens with zero attached hydrogens (tertiary/aromatic N) is 2. The second-order valence-electron chi connectivity index (χ2n) is 8.09. The summed E-state index contributed by atoms with van der Waals surface area (Å²) in [5.74, 6) is 2.44. The van der Waals surface area contributed by atoms with Crippen LogP contribution < -0.4 is 14.4 Å². The summed E-state index contributed by atoms with van der Waals surface area (Å²) in [5.41, 5.74) is 3.16. The number of esters is 1. The molecular formula is C25H28N2O4. The number of rotatable bonds is 7. The van der Waals surface area contributed by atoms with Crippen molar-refractivity contribution in [1.29, 1.82) is 0 Å². The number of carbonyl (C=O) groups is 1. The van der Waals surface area contributed by atoms with Crippen LogP contribution in [0.25, 0.3) is 21.9 Å². The zero-order valence-corrected chi connectivity index (χ0v) is 18.7. The zero-order valence-electron chi connectivity index (χ0n) is 18.7. The fourth-order valence-corrected chi connectivity index (χ4v) is 4.10. The van der Waals surface area contributed by atoms with Crippen LogP contribution in [-0.2, 0) is 11.3 Å². The molecule has 1 aliphatic rings. The minimum absolute atomic E-state index is 0.272. The Morgan fingerprint density at radius 2 is 1.87 bits per heavy atom. The van der Waals surface area contributed by atoms with Crippen LogP contribution in [-0.4, -0.2) is 38.8 Å². The summed E-state index contributed by atoms with van der Waals surface area (Å²) in [5, 5.41) is 1.86. The van der Waals surface area contributed by atoms with Gasteiger partial charge in [0.15, 0.2) is 11.5 Å². The number of aromatic nitrogens is 1. The van der Waals surface area contributed by atoms with Crippen LogP contribution in [0.2, 0.25) is 0 Å². The van der Waals surface area contributed by atoms with Crippen LogP contribution >= 0.6 is 0 Å². The Hall–Kier alpha value is -3.28. The number of ether oxygens (including phenoxy) is 3. The van der Waals surface area contributed by atoms with E-state index in [0.717, 1.165) is 46.2 Å². The van der Waals surface area contributed by atoms with Gasteiger partial charge in [-0.05, 0) is 47.0 Å². The van der Waals surface area contributed by atoms with Crippen LogP contribution in [0.3, 0.4) is 0 Å². The molecule has 0 amide bonds. The maximum Gasteiger partial charge on any atom is 0.339 e. The molecule has 3 aromatic rings. The van der Waals surface area contributed by atoms with E-state index in [4.69, 9.17) is 19.2 Å². The van der Waals surface area contributed by atoms with Gasteiger partial charge >= 0.3 is 5.97 Å². The Balaban J connectivity index is 1.86. The first-order valence-corrected chi connectivity index (χ1v) is 10.5. The minimum atomic E-state index is -0.306. The summed E-state index contributed by atoms with van der Waals surface area (Å²) in [6, 6.07) is 9.86. The monoisotopic (exact) mass is 420 g/mol. The van der Waals surface area contributed by atoms with Crippen LogP contribution in [0.5, 0.6) is 11.5 Å². The SMILES string of the molecule is CCC(C)CN(C)c1ccc(-c2c3c(cc4cc(OC)c(OC)cc24)COC3=O)cn1. The van der Waals surface area contributed by atoms with Gasteiger partial charge < -0.3 is 19.1 Å². The lowest BCUT2D eigenvalue weighted by Crippen LogP contribution is -2.24. The van der Waals surface area contributed by atoms with Gasteiger partial charge in [-0.3, -0.25) is 0 Å². The van der Waals surface area contributed by atoms with Gasteiger partial charge in [-0.1, -0.05) is 20.3 Å². The van der Waals surface area contributed by atoms with Gasteiger partial charge in [0, 0.05) is 36.5 Å². The van der Waals surface area contributed by atoms with Crippen molar-refractivity contribution in [2.45, 2.75) is 26.9 Å². The van der Waals surface area contributed by atoms with Gasteiger partial charge in [-0.15, -0.1) is 0 Å². The molecule has 0 saturated heterocycles. The number of methoxy groups -OCH3 is 2. The summed E-state index contributed by atoms with van der Waals surface area (Å²) in [4.78, 5) is 19.5. The Kier molecular flexibility index (Phi) is 5.72. The molecule has 0 aliphatic carbocycles. The van der Waals surface area contributed by atoms with Gasteiger partial charge in [0.05, 0.1) is 19.8 Å². The highest BCUT2D eigenvalue weighted by Crippen LogP contribution is 2.42. The highest BCUT2D eigenvalue weighted by Gasteiger charge is 2.28. The van der Waals surface area contributed by atoms with Crippen molar-refractivity contribution in [3.05, 3.63) is 47.7 Å². The third-order valence-corrected chi connectivity index (χ3v) is 6.00. The number of pyridine rings is 1. The molecule has 1 aromatic heterocycles. The summed E-state index contributed by atoms with van der Waals surface area (Å²) in [6.07, 6.45) is 2.96. The molecule has 6 heteroatoms. The first-order valence-electron chi connectivity index (χ1n) is 10.5. The Bertz CT molecular complexity index is 1120. The van der Waals surface area contributed by atoms with Crippen LogP contribution in [0.15, 0.2) is 36.5 Å². The van der Waals surface area contributed by atoms with E-state index < -0.39 is 0 Å². The minimum Gasteiger partial charge on any atom is -0.493 e. The highest BCUT2D eigenvalue weighted by molar-refractivity contribution is 6.11. The molecule has 2 heterocycles. The predicted octanol–water partition coefficient (Wildman–Crippen LogP) is 5.07. The molecule has 162 valence electrons. The van der Waals surface area contributed by atoms with E-state index >= 15 is 0 Å². The standard InChI is InChI=1S/C25H28N2O4/c1-6-15(2)13-27(3)22-8-7-16(12-26-22)23-19-11-21(30-5)20(29-4)10-17(19)9-18-14-31-25(28)24(18)23/h7-12,15H,6,13-14H2,1-5H3. The molecule has 0 fully saturated rings. The van der Waals surface area contributed by atoms with Crippen LogP contribution in [0, 0.1) is 5.92 Å². The second-order valence-corrected chi connectivity index (χ2v) is 8.09. The number of cyclic esters (lactones) is 1.